The third-order valence-corrected chi connectivity index (χ3v) is 3.62. The molecule has 0 aliphatic heterocycles. The smallest absolute Gasteiger partial charge is 0.0728 e. The number of anilines is 1. The third-order valence-electron chi connectivity index (χ3n) is 3.62. The Kier molecular flexibility index (Phi) is 3.86. The van der Waals surface area contributed by atoms with Gasteiger partial charge in [-0.3, -0.25) is 4.68 Å². The molecule has 1 aliphatic carbocycles. The molecule has 0 saturated heterocycles. The first-order chi connectivity index (χ1) is 7.83. The lowest BCUT2D eigenvalue weighted by atomic mass is 10.0. The van der Waals surface area contributed by atoms with Crippen LogP contribution in [0.1, 0.15) is 46.0 Å². The molecule has 0 amide bonds. The second-order valence-electron chi connectivity index (χ2n) is 4.84. The summed E-state index contributed by atoms with van der Waals surface area (Å²) in [5.74, 6) is 0.856. The Morgan fingerprint density at radius 2 is 2.31 bits per heavy atom. The molecular formula is C13H23N3. The van der Waals surface area contributed by atoms with Crippen LogP contribution in [0.25, 0.3) is 0 Å². The Hall–Kier alpha value is -0.990. The van der Waals surface area contributed by atoms with Gasteiger partial charge in [0.15, 0.2) is 0 Å². The highest BCUT2D eigenvalue weighted by atomic mass is 15.3. The van der Waals surface area contributed by atoms with Gasteiger partial charge < -0.3 is 5.32 Å². The molecule has 1 aromatic heterocycles. The molecule has 2 atom stereocenters. The molecule has 3 heteroatoms. The van der Waals surface area contributed by atoms with Crippen molar-refractivity contribution in [2.24, 2.45) is 5.92 Å². The molecule has 1 fully saturated rings. The van der Waals surface area contributed by atoms with Crippen molar-refractivity contribution in [3.05, 3.63) is 12.4 Å². The van der Waals surface area contributed by atoms with Crippen molar-refractivity contribution in [1.29, 1.82) is 0 Å². The highest BCUT2D eigenvalue weighted by Gasteiger charge is 2.25. The fourth-order valence-electron chi connectivity index (χ4n) is 2.72. The highest BCUT2D eigenvalue weighted by molar-refractivity contribution is 5.39. The summed E-state index contributed by atoms with van der Waals surface area (Å²) in [6.45, 7) is 5.49. The maximum atomic E-state index is 4.35. The van der Waals surface area contributed by atoms with Crippen LogP contribution in [0.3, 0.4) is 0 Å². The first-order valence-electron chi connectivity index (χ1n) is 6.62. The van der Waals surface area contributed by atoms with Crippen LogP contribution >= 0.6 is 0 Å². The summed E-state index contributed by atoms with van der Waals surface area (Å²) in [4.78, 5) is 0. The minimum atomic E-state index is 0.671. The van der Waals surface area contributed by atoms with Gasteiger partial charge >= 0.3 is 0 Å². The second kappa shape index (κ2) is 5.37. The fourth-order valence-corrected chi connectivity index (χ4v) is 2.72. The van der Waals surface area contributed by atoms with E-state index < -0.39 is 0 Å². The summed E-state index contributed by atoms with van der Waals surface area (Å²) >= 11 is 0. The summed E-state index contributed by atoms with van der Waals surface area (Å²) in [6.07, 6.45) is 10.6. The van der Waals surface area contributed by atoms with Crippen molar-refractivity contribution in [2.75, 3.05) is 5.32 Å². The molecule has 2 unspecified atom stereocenters. The molecule has 1 N–H and O–H groups in total. The average Bonchev–Trinajstić information content (AvgIpc) is 2.89. The van der Waals surface area contributed by atoms with Crippen LogP contribution in [0.5, 0.6) is 0 Å². The lowest BCUT2D eigenvalue weighted by molar-refractivity contribution is 0.489. The standard InChI is InChI=1S/C13H23N3/c1-3-8-16-10-12(9-14-16)15-13-7-5-6-11(13)4-2/h9-11,13,15H,3-8H2,1-2H3. The highest BCUT2D eigenvalue weighted by Crippen LogP contribution is 2.30. The van der Waals surface area contributed by atoms with Gasteiger partial charge in [-0.2, -0.15) is 5.10 Å². The van der Waals surface area contributed by atoms with Crippen LogP contribution in [0.4, 0.5) is 5.69 Å². The summed E-state index contributed by atoms with van der Waals surface area (Å²) in [5, 5.41) is 7.99. The number of nitrogens with one attached hydrogen (secondary N) is 1. The van der Waals surface area contributed by atoms with E-state index in [9.17, 15) is 0 Å². The van der Waals surface area contributed by atoms with Crippen molar-refractivity contribution in [1.82, 2.24) is 9.78 Å². The monoisotopic (exact) mass is 221 g/mol. The zero-order valence-corrected chi connectivity index (χ0v) is 10.4. The van der Waals surface area contributed by atoms with Gasteiger partial charge in [-0.15, -0.1) is 0 Å². The molecule has 0 spiro atoms. The number of hydrogen-bond acceptors (Lipinski definition) is 2. The maximum absolute atomic E-state index is 4.35. The zero-order valence-electron chi connectivity index (χ0n) is 10.4. The number of hydrogen-bond donors (Lipinski definition) is 1. The minimum Gasteiger partial charge on any atom is -0.379 e. The summed E-state index contributed by atoms with van der Waals surface area (Å²) in [6, 6.07) is 0.671. The van der Waals surface area contributed by atoms with Gasteiger partial charge in [-0.25, -0.2) is 0 Å². The summed E-state index contributed by atoms with van der Waals surface area (Å²) in [7, 11) is 0. The van der Waals surface area contributed by atoms with E-state index in [1.54, 1.807) is 0 Å². The normalized spacial score (nSPS) is 24.9. The maximum Gasteiger partial charge on any atom is 0.0728 e. The van der Waals surface area contributed by atoms with Crippen LogP contribution < -0.4 is 5.32 Å². The first-order valence-corrected chi connectivity index (χ1v) is 6.62. The molecule has 1 saturated carbocycles. The molecule has 0 bridgehead atoms. The van der Waals surface area contributed by atoms with Gasteiger partial charge in [0, 0.05) is 18.8 Å². The summed E-state index contributed by atoms with van der Waals surface area (Å²) < 4.78 is 2.03. The van der Waals surface area contributed by atoms with Gasteiger partial charge in [0.25, 0.3) is 0 Å². The Bertz CT molecular complexity index is 319. The van der Waals surface area contributed by atoms with E-state index in [2.05, 4.69) is 30.5 Å². The van der Waals surface area contributed by atoms with Gasteiger partial charge in [-0.1, -0.05) is 26.7 Å². The summed E-state index contributed by atoms with van der Waals surface area (Å²) in [5.41, 5.74) is 1.19. The van der Waals surface area contributed by atoms with Gasteiger partial charge in [-0.05, 0) is 25.2 Å². The first kappa shape index (κ1) is 11.5. The second-order valence-corrected chi connectivity index (χ2v) is 4.84. The number of nitrogens with zero attached hydrogens (tertiary/aromatic N) is 2. The Morgan fingerprint density at radius 1 is 1.44 bits per heavy atom. The van der Waals surface area contributed by atoms with E-state index in [-0.39, 0.29) is 0 Å². The molecule has 1 aliphatic rings. The fraction of sp³-hybridized carbons (Fsp3) is 0.769. The largest absolute Gasteiger partial charge is 0.379 e. The number of aromatic nitrogens is 2. The van der Waals surface area contributed by atoms with Crippen molar-refractivity contribution >= 4 is 5.69 Å². The van der Waals surface area contributed by atoms with E-state index >= 15 is 0 Å². The molecule has 1 heterocycles. The Labute approximate surface area is 98.2 Å². The molecule has 16 heavy (non-hydrogen) atoms. The van der Waals surface area contributed by atoms with Crippen LogP contribution in [0, 0.1) is 5.92 Å². The van der Waals surface area contributed by atoms with Gasteiger partial charge in [0.2, 0.25) is 0 Å². The minimum absolute atomic E-state index is 0.671. The molecular weight excluding hydrogens is 198 g/mol. The van der Waals surface area contributed by atoms with E-state index in [0.29, 0.717) is 6.04 Å². The van der Waals surface area contributed by atoms with Crippen molar-refractivity contribution in [3.63, 3.8) is 0 Å². The molecule has 0 radical (unpaired) electrons. The molecule has 0 aromatic carbocycles. The average molecular weight is 221 g/mol. The lowest BCUT2D eigenvalue weighted by Gasteiger charge is -2.19. The van der Waals surface area contributed by atoms with E-state index in [1.807, 2.05) is 10.9 Å². The predicted octanol–water partition coefficient (Wildman–Crippen LogP) is 3.28. The number of aryl methyl sites for hydroxylation is 1. The molecule has 90 valence electrons. The quantitative estimate of drug-likeness (QED) is 0.827. The van der Waals surface area contributed by atoms with Crippen LogP contribution in [0.15, 0.2) is 12.4 Å². The van der Waals surface area contributed by atoms with Crippen molar-refractivity contribution < 1.29 is 0 Å². The molecule has 2 rings (SSSR count). The van der Waals surface area contributed by atoms with Crippen LogP contribution in [0.2, 0.25) is 0 Å². The third kappa shape index (κ3) is 2.57. The van der Waals surface area contributed by atoms with E-state index in [4.69, 9.17) is 0 Å². The van der Waals surface area contributed by atoms with Crippen LogP contribution in [-0.2, 0) is 6.54 Å². The van der Waals surface area contributed by atoms with E-state index in [1.165, 1.54) is 31.4 Å². The van der Waals surface area contributed by atoms with Crippen molar-refractivity contribution in [3.8, 4) is 0 Å². The number of rotatable bonds is 5. The lowest BCUT2D eigenvalue weighted by Crippen LogP contribution is -2.23. The van der Waals surface area contributed by atoms with E-state index in [0.717, 1.165) is 18.9 Å². The molecule has 1 aromatic rings. The Morgan fingerprint density at radius 3 is 3.06 bits per heavy atom. The zero-order chi connectivity index (χ0) is 11.4. The molecule has 3 nitrogen and oxygen atoms in total. The van der Waals surface area contributed by atoms with Crippen LogP contribution in [-0.4, -0.2) is 15.8 Å². The SMILES string of the molecule is CCCn1cc(NC2CCCC2CC)cn1. The van der Waals surface area contributed by atoms with Gasteiger partial charge in [0.05, 0.1) is 11.9 Å². The van der Waals surface area contributed by atoms with Crippen molar-refractivity contribution in [2.45, 2.75) is 58.5 Å². The Balaban J connectivity index is 1.92. The van der Waals surface area contributed by atoms with Gasteiger partial charge in [0.1, 0.15) is 0 Å². The topological polar surface area (TPSA) is 29.9 Å². The predicted molar refractivity (Wildman–Crippen MR) is 67.6 cm³/mol.